The van der Waals surface area contributed by atoms with Gasteiger partial charge in [-0.2, -0.15) is 0 Å². The number of hydrogen-bond donors (Lipinski definition) is 2. The number of nitrogens with one attached hydrogen (secondary N) is 1. The molecule has 3 aromatic rings. The summed E-state index contributed by atoms with van der Waals surface area (Å²) < 4.78 is 62.1. The fraction of sp³-hybridized carbons (Fsp3) is 0.333. The van der Waals surface area contributed by atoms with Crippen LogP contribution in [-0.4, -0.2) is 31.5 Å². The molecular weight excluding hydrogens is 502 g/mol. The Labute approximate surface area is 215 Å². The number of rotatable bonds is 9. The maximum Gasteiger partial charge on any atom is 0.264 e. The van der Waals surface area contributed by atoms with Gasteiger partial charge < -0.3 is 9.84 Å². The van der Waals surface area contributed by atoms with Crippen molar-refractivity contribution in [3.63, 3.8) is 0 Å². The molecule has 0 aliphatic carbocycles. The van der Waals surface area contributed by atoms with Gasteiger partial charge in [-0.1, -0.05) is 26.8 Å². The zero-order valence-corrected chi connectivity index (χ0v) is 22.1. The predicted molar refractivity (Wildman–Crippen MR) is 136 cm³/mol. The minimum Gasteiger partial charge on any atom is -0.481 e. The van der Waals surface area contributed by atoms with Crippen molar-refractivity contribution in [2.45, 2.75) is 57.0 Å². The van der Waals surface area contributed by atoms with E-state index in [0.29, 0.717) is 28.1 Å². The first kappa shape index (κ1) is 28.2. The largest absolute Gasteiger partial charge is 0.481 e. The molecule has 0 fully saturated rings. The summed E-state index contributed by atoms with van der Waals surface area (Å²) >= 11 is 0. The second-order valence-corrected chi connectivity index (χ2v) is 10.9. The zero-order valence-electron chi connectivity index (χ0n) is 21.3. The van der Waals surface area contributed by atoms with Crippen LogP contribution in [0.5, 0.6) is 5.88 Å². The van der Waals surface area contributed by atoms with E-state index in [-0.39, 0.29) is 24.3 Å². The number of nitrogens with zero attached hydrogens (tertiary/aromatic N) is 1. The Morgan fingerprint density at radius 1 is 1.16 bits per heavy atom. The van der Waals surface area contributed by atoms with Gasteiger partial charge in [0.25, 0.3) is 10.0 Å². The van der Waals surface area contributed by atoms with Gasteiger partial charge in [-0.15, -0.1) is 0 Å². The number of methoxy groups -OCH3 is 1. The van der Waals surface area contributed by atoms with Crippen LogP contribution in [-0.2, 0) is 26.8 Å². The van der Waals surface area contributed by atoms with Crippen molar-refractivity contribution in [3.05, 3.63) is 77.0 Å². The molecule has 2 N–H and O–H groups in total. The smallest absolute Gasteiger partial charge is 0.264 e. The molecular formula is C27H30F2N2O5S. The SMILES string of the molecule is CCC(C)(O)c1ccc(S(=O)(=O)NC(=O)Cc2c(-c3ccnc(OC)c3)cc(F)cc2C(C)C)cc1F. The lowest BCUT2D eigenvalue weighted by molar-refractivity contribution is -0.118. The lowest BCUT2D eigenvalue weighted by Gasteiger charge is -2.22. The molecule has 198 valence electrons. The van der Waals surface area contributed by atoms with Crippen LogP contribution in [0.1, 0.15) is 56.7 Å². The number of aromatic nitrogens is 1. The summed E-state index contributed by atoms with van der Waals surface area (Å²) in [5.41, 5.74) is 0.394. The molecule has 0 aliphatic rings. The third kappa shape index (κ3) is 6.31. The number of carbonyl (C=O) groups is 1. The number of carbonyl (C=O) groups excluding carboxylic acids is 1. The molecule has 1 heterocycles. The summed E-state index contributed by atoms with van der Waals surface area (Å²) in [5.74, 6) is -2.17. The highest BCUT2D eigenvalue weighted by molar-refractivity contribution is 7.90. The molecule has 0 bridgehead atoms. The van der Waals surface area contributed by atoms with Gasteiger partial charge in [-0.25, -0.2) is 26.9 Å². The minimum atomic E-state index is -4.43. The van der Waals surface area contributed by atoms with Crippen molar-refractivity contribution in [2.75, 3.05) is 7.11 Å². The van der Waals surface area contributed by atoms with Crippen LogP contribution in [0.4, 0.5) is 8.78 Å². The average Bonchev–Trinajstić information content (AvgIpc) is 2.84. The Kier molecular flexibility index (Phi) is 8.34. The van der Waals surface area contributed by atoms with Crippen molar-refractivity contribution < 1.29 is 31.8 Å². The second-order valence-electron chi connectivity index (χ2n) is 9.24. The Morgan fingerprint density at radius 2 is 1.86 bits per heavy atom. The van der Waals surface area contributed by atoms with Crippen molar-refractivity contribution in [1.29, 1.82) is 0 Å². The topological polar surface area (TPSA) is 106 Å². The molecule has 0 spiro atoms. The van der Waals surface area contributed by atoms with Gasteiger partial charge in [-0.05, 0) is 71.8 Å². The standard InChI is InChI=1S/C27H30F2N2O5S/c1-6-27(4,33)23-8-7-19(14-24(23)29)37(34,35)31-25(32)15-22-20(16(2)3)12-18(28)13-21(22)17-9-10-30-26(11-17)36-5/h7-14,16,33H,6,15H2,1-5H3,(H,31,32). The number of amides is 1. The molecule has 0 radical (unpaired) electrons. The van der Waals surface area contributed by atoms with E-state index >= 15 is 0 Å². The van der Waals surface area contributed by atoms with Crippen molar-refractivity contribution in [3.8, 4) is 17.0 Å². The van der Waals surface area contributed by atoms with E-state index in [1.165, 1.54) is 38.4 Å². The van der Waals surface area contributed by atoms with Crippen molar-refractivity contribution in [2.24, 2.45) is 0 Å². The van der Waals surface area contributed by atoms with Crippen LogP contribution in [0.25, 0.3) is 11.1 Å². The number of halogens is 2. The van der Waals surface area contributed by atoms with E-state index in [9.17, 15) is 27.1 Å². The Bertz CT molecular complexity index is 1420. The van der Waals surface area contributed by atoms with E-state index < -0.39 is 38.1 Å². The normalized spacial score (nSPS) is 13.3. The second kappa shape index (κ2) is 10.9. The van der Waals surface area contributed by atoms with Crippen LogP contribution < -0.4 is 9.46 Å². The van der Waals surface area contributed by atoms with Gasteiger partial charge in [-0.3, -0.25) is 4.79 Å². The summed E-state index contributed by atoms with van der Waals surface area (Å²) in [6.45, 7) is 6.76. The zero-order chi connectivity index (χ0) is 27.5. The minimum absolute atomic E-state index is 0.0504. The summed E-state index contributed by atoms with van der Waals surface area (Å²) in [7, 11) is -2.99. The summed E-state index contributed by atoms with van der Waals surface area (Å²) in [6.07, 6.45) is 1.32. The maximum absolute atomic E-state index is 14.6. The highest BCUT2D eigenvalue weighted by Gasteiger charge is 2.27. The summed E-state index contributed by atoms with van der Waals surface area (Å²) in [4.78, 5) is 16.6. The molecule has 1 unspecified atom stereocenters. The number of aliphatic hydroxyl groups is 1. The van der Waals surface area contributed by atoms with Crippen LogP contribution in [0.2, 0.25) is 0 Å². The Hall–Kier alpha value is -3.37. The molecule has 1 atom stereocenters. The van der Waals surface area contributed by atoms with E-state index in [4.69, 9.17) is 4.74 Å². The molecule has 0 saturated heterocycles. The van der Waals surface area contributed by atoms with Crippen molar-refractivity contribution >= 4 is 15.9 Å². The van der Waals surface area contributed by atoms with Gasteiger partial charge in [0.2, 0.25) is 11.8 Å². The quantitative estimate of drug-likeness (QED) is 0.409. The van der Waals surface area contributed by atoms with Crippen LogP contribution in [0, 0.1) is 11.6 Å². The summed E-state index contributed by atoms with van der Waals surface area (Å²) in [6, 6.07) is 8.89. The molecule has 37 heavy (non-hydrogen) atoms. The average molecular weight is 533 g/mol. The molecule has 7 nitrogen and oxygen atoms in total. The fourth-order valence-corrected chi connectivity index (χ4v) is 5.01. The molecule has 1 aromatic heterocycles. The van der Waals surface area contributed by atoms with E-state index in [1.54, 1.807) is 19.1 Å². The van der Waals surface area contributed by atoms with Crippen LogP contribution in [0.15, 0.2) is 53.6 Å². The highest BCUT2D eigenvalue weighted by Crippen LogP contribution is 2.33. The predicted octanol–water partition coefficient (Wildman–Crippen LogP) is 4.82. The molecule has 0 saturated carbocycles. The molecule has 0 aliphatic heterocycles. The van der Waals surface area contributed by atoms with E-state index in [0.717, 1.165) is 12.1 Å². The number of benzene rings is 2. The molecule has 2 aromatic carbocycles. The van der Waals surface area contributed by atoms with E-state index in [2.05, 4.69) is 4.98 Å². The fourth-order valence-electron chi connectivity index (χ4n) is 4.01. The monoisotopic (exact) mass is 532 g/mol. The number of ether oxygens (including phenoxy) is 1. The van der Waals surface area contributed by atoms with Gasteiger partial charge in [0.1, 0.15) is 11.6 Å². The first-order valence-corrected chi connectivity index (χ1v) is 13.2. The Balaban J connectivity index is 1.97. The van der Waals surface area contributed by atoms with Gasteiger partial charge >= 0.3 is 0 Å². The van der Waals surface area contributed by atoms with Crippen molar-refractivity contribution in [1.82, 2.24) is 9.71 Å². The summed E-state index contributed by atoms with van der Waals surface area (Å²) in [5, 5.41) is 10.3. The molecule has 1 amide bonds. The third-order valence-electron chi connectivity index (χ3n) is 6.23. The first-order chi connectivity index (χ1) is 17.3. The number of hydrogen-bond acceptors (Lipinski definition) is 6. The van der Waals surface area contributed by atoms with E-state index in [1.807, 2.05) is 18.6 Å². The Morgan fingerprint density at radius 3 is 2.46 bits per heavy atom. The maximum atomic E-state index is 14.6. The lowest BCUT2D eigenvalue weighted by Crippen LogP contribution is -2.32. The van der Waals surface area contributed by atoms with Gasteiger partial charge in [0.15, 0.2) is 0 Å². The first-order valence-electron chi connectivity index (χ1n) is 11.7. The van der Waals surface area contributed by atoms with Gasteiger partial charge in [0.05, 0.1) is 24.0 Å². The molecule has 10 heteroatoms. The van der Waals surface area contributed by atoms with Crippen LogP contribution >= 0.6 is 0 Å². The van der Waals surface area contributed by atoms with Gasteiger partial charge in [0, 0.05) is 17.8 Å². The molecule has 3 rings (SSSR count). The lowest BCUT2D eigenvalue weighted by atomic mass is 9.88. The van der Waals surface area contributed by atoms with Crippen LogP contribution in [0.3, 0.4) is 0 Å². The number of sulfonamides is 1. The number of pyridine rings is 1. The third-order valence-corrected chi connectivity index (χ3v) is 7.60. The highest BCUT2D eigenvalue weighted by atomic mass is 32.2.